The molecule has 0 aliphatic carbocycles. The highest BCUT2D eigenvalue weighted by Crippen LogP contribution is 2.23. The molecule has 0 amide bonds. The Morgan fingerprint density at radius 1 is 1.35 bits per heavy atom. The predicted molar refractivity (Wildman–Crippen MR) is 70.3 cm³/mol. The normalized spacial score (nSPS) is 22.5. The zero-order valence-corrected chi connectivity index (χ0v) is 11.0. The van der Waals surface area contributed by atoms with E-state index in [0.717, 1.165) is 18.1 Å². The van der Waals surface area contributed by atoms with Crippen LogP contribution in [-0.4, -0.2) is 35.6 Å². The predicted octanol–water partition coefficient (Wildman–Crippen LogP) is 1.75. The lowest BCUT2D eigenvalue weighted by molar-refractivity contribution is 0.378. The van der Waals surface area contributed by atoms with Gasteiger partial charge in [-0.25, -0.2) is 9.97 Å². The van der Waals surface area contributed by atoms with E-state index in [1.807, 2.05) is 26.4 Å². The molecule has 2 rings (SSSR count). The van der Waals surface area contributed by atoms with E-state index in [1.165, 1.54) is 19.3 Å². The smallest absolute Gasteiger partial charge is 0.225 e. The third-order valence-corrected chi connectivity index (χ3v) is 3.61. The molecule has 17 heavy (non-hydrogen) atoms. The molecule has 4 nitrogen and oxygen atoms in total. The SMILES string of the molecule is CNC(C)C1CCCCN1c1ncc(C)cn1. The Hall–Kier alpha value is -1.16. The molecule has 0 bridgehead atoms. The van der Waals surface area contributed by atoms with Gasteiger partial charge in [-0.05, 0) is 45.7 Å². The Balaban J connectivity index is 2.18. The van der Waals surface area contributed by atoms with Gasteiger partial charge >= 0.3 is 0 Å². The molecule has 0 saturated carbocycles. The van der Waals surface area contributed by atoms with Crippen molar-refractivity contribution in [2.24, 2.45) is 0 Å². The number of hydrogen-bond acceptors (Lipinski definition) is 4. The summed E-state index contributed by atoms with van der Waals surface area (Å²) in [5.41, 5.74) is 1.11. The topological polar surface area (TPSA) is 41.0 Å². The molecule has 4 heteroatoms. The van der Waals surface area contributed by atoms with Crippen molar-refractivity contribution < 1.29 is 0 Å². The minimum atomic E-state index is 0.472. The van der Waals surface area contributed by atoms with Crippen LogP contribution in [0, 0.1) is 6.92 Å². The van der Waals surface area contributed by atoms with Crippen LogP contribution in [0.4, 0.5) is 5.95 Å². The molecular formula is C13H22N4. The first-order chi connectivity index (χ1) is 8.22. The molecule has 1 aliphatic rings. The highest BCUT2D eigenvalue weighted by Gasteiger charge is 2.28. The average Bonchev–Trinajstić information content (AvgIpc) is 2.39. The zero-order chi connectivity index (χ0) is 12.3. The molecule has 1 aromatic heterocycles. The second-order valence-corrected chi connectivity index (χ2v) is 4.89. The van der Waals surface area contributed by atoms with Crippen LogP contribution in [0.5, 0.6) is 0 Å². The van der Waals surface area contributed by atoms with Crippen molar-refractivity contribution >= 4 is 5.95 Å². The molecule has 0 aromatic carbocycles. The monoisotopic (exact) mass is 234 g/mol. The number of aromatic nitrogens is 2. The first-order valence-corrected chi connectivity index (χ1v) is 6.45. The van der Waals surface area contributed by atoms with Gasteiger partial charge in [0.1, 0.15) is 0 Å². The van der Waals surface area contributed by atoms with Crippen molar-refractivity contribution in [2.75, 3.05) is 18.5 Å². The minimum absolute atomic E-state index is 0.472. The van der Waals surface area contributed by atoms with Crippen LogP contribution in [0.15, 0.2) is 12.4 Å². The number of nitrogens with one attached hydrogen (secondary N) is 1. The van der Waals surface area contributed by atoms with E-state index in [-0.39, 0.29) is 0 Å². The number of nitrogens with zero attached hydrogens (tertiary/aromatic N) is 3. The largest absolute Gasteiger partial charge is 0.336 e. The van der Waals surface area contributed by atoms with Gasteiger partial charge in [0, 0.05) is 31.0 Å². The summed E-state index contributed by atoms with van der Waals surface area (Å²) in [6, 6.07) is 0.983. The van der Waals surface area contributed by atoms with Crippen molar-refractivity contribution in [3.63, 3.8) is 0 Å². The highest BCUT2D eigenvalue weighted by atomic mass is 15.3. The molecule has 0 spiro atoms. The summed E-state index contributed by atoms with van der Waals surface area (Å²) >= 11 is 0. The Morgan fingerprint density at radius 2 is 2.06 bits per heavy atom. The number of piperidine rings is 1. The number of rotatable bonds is 3. The van der Waals surface area contributed by atoms with Crippen LogP contribution in [0.2, 0.25) is 0 Å². The van der Waals surface area contributed by atoms with Crippen molar-refractivity contribution in [3.8, 4) is 0 Å². The molecule has 1 aliphatic heterocycles. The average molecular weight is 234 g/mol. The summed E-state index contributed by atoms with van der Waals surface area (Å²) < 4.78 is 0. The number of hydrogen-bond donors (Lipinski definition) is 1. The fourth-order valence-electron chi connectivity index (χ4n) is 2.45. The van der Waals surface area contributed by atoms with Crippen LogP contribution in [-0.2, 0) is 0 Å². The van der Waals surface area contributed by atoms with E-state index in [0.29, 0.717) is 12.1 Å². The maximum absolute atomic E-state index is 4.46. The zero-order valence-electron chi connectivity index (χ0n) is 11.0. The maximum atomic E-state index is 4.46. The molecule has 94 valence electrons. The molecule has 1 fully saturated rings. The van der Waals surface area contributed by atoms with Crippen LogP contribution in [0.1, 0.15) is 31.7 Å². The van der Waals surface area contributed by atoms with Crippen molar-refractivity contribution in [2.45, 2.75) is 45.2 Å². The van der Waals surface area contributed by atoms with Gasteiger partial charge in [-0.15, -0.1) is 0 Å². The summed E-state index contributed by atoms with van der Waals surface area (Å²) in [5.74, 6) is 0.877. The highest BCUT2D eigenvalue weighted by molar-refractivity contribution is 5.33. The Bertz CT molecular complexity index is 349. The fraction of sp³-hybridized carbons (Fsp3) is 0.692. The number of anilines is 1. The minimum Gasteiger partial charge on any atom is -0.336 e. The third kappa shape index (κ3) is 2.75. The standard InChI is InChI=1S/C13H22N4/c1-10-8-15-13(16-9-10)17-7-5-4-6-12(17)11(2)14-3/h8-9,11-12,14H,4-7H2,1-3H3. The number of aryl methyl sites for hydroxylation is 1. The van der Waals surface area contributed by atoms with E-state index >= 15 is 0 Å². The summed E-state index contributed by atoms with van der Waals surface area (Å²) in [6.07, 6.45) is 7.57. The second kappa shape index (κ2) is 5.45. The van der Waals surface area contributed by atoms with E-state index in [1.54, 1.807) is 0 Å². The van der Waals surface area contributed by atoms with Gasteiger partial charge in [0.15, 0.2) is 0 Å². The van der Waals surface area contributed by atoms with Gasteiger partial charge in [0.05, 0.1) is 0 Å². The molecule has 1 saturated heterocycles. The van der Waals surface area contributed by atoms with Gasteiger partial charge in [-0.3, -0.25) is 0 Å². The molecule has 2 atom stereocenters. The van der Waals surface area contributed by atoms with Crippen LogP contribution in [0.3, 0.4) is 0 Å². The first kappa shape index (κ1) is 12.3. The quantitative estimate of drug-likeness (QED) is 0.865. The fourth-order valence-corrected chi connectivity index (χ4v) is 2.45. The first-order valence-electron chi connectivity index (χ1n) is 6.45. The van der Waals surface area contributed by atoms with Crippen molar-refractivity contribution in [1.29, 1.82) is 0 Å². The van der Waals surface area contributed by atoms with Gasteiger partial charge in [-0.1, -0.05) is 0 Å². The Morgan fingerprint density at radius 3 is 2.71 bits per heavy atom. The van der Waals surface area contributed by atoms with Crippen LogP contribution >= 0.6 is 0 Å². The Kier molecular flexibility index (Phi) is 3.94. The third-order valence-electron chi connectivity index (χ3n) is 3.61. The summed E-state index contributed by atoms with van der Waals surface area (Å²) in [4.78, 5) is 11.3. The molecule has 2 heterocycles. The summed E-state index contributed by atoms with van der Waals surface area (Å²) in [5, 5.41) is 3.35. The van der Waals surface area contributed by atoms with Gasteiger partial charge < -0.3 is 10.2 Å². The summed E-state index contributed by atoms with van der Waals surface area (Å²) in [7, 11) is 2.02. The lowest BCUT2D eigenvalue weighted by Gasteiger charge is -2.39. The molecular weight excluding hydrogens is 212 g/mol. The van der Waals surface area contributed by atoms with Crippen molar-refractivity contribution in [3.05, 3.63) is 18.0 Å². The van der Waals surface area contributed by atoms with E-state index < -0.39 is 0 Å². The molecule has 2 unspecified atom stereocenters. The lowest BCUT2D eigenvalue weighted by Crippen LogP contribution is -2.51. The van der Waals surface area contributed by atoms with Gasteiger partial charge in [-0.2, -0.15) is 0 Å². The Labute approximate surface area is 103 Å². The molecule has 1 N–H and O–H groups in total. The van der Waals surface area contributed by atoms with E-state index in [9.17, 15) is 0 Å². The van der Waals surface area contributed by atoms with Gasteiger partial charge in [0.25, 0.3) is 0 Å². The van der Waals surface area contributed by atoms with E-state index in [2.05, 4.69) is 27.1 Å². The maximum Gasteiger partial charge on any atom is 0.225 e. The lowest BCUT2D eigenvalue weighted by atomic mass is 9.97. The molecule has 1 aromatic rings. The number of likely N-dealkylation sites (N-methyl/N-ethyl adjacent to an activating group) is 1. The van der Waals surface area contributed by atoms with Crippen LogP contribution < -0.4 is 10.2 Å². The summed E-state index contributed by atoms with van der Waals surface area (Å²) in [6.45, 7) is 5.32. The van der Waals surface area contributed by atoms with E-state index in [4.69, 9.17) is 0 Å². The van der Waals surface area contributed by atoms with Crippen molar-refractivity contribution in [1.82, 2.24) is 15.3 Å². The molecule has 0 radical (unpaired) electrons. The van der Waals surface area contributed by atoms with Gasteiger partial charge in [0.2, 0.25) is 5.95 Å². The van der Waals surface area contributed by atoms with Crippen LogP contribution in [0.25, 0.3) is 0 Å². The second-order valence-electron chi connectivity index (χ2n) is 4.89.